The SMILES string of the molecule is O=C(CS(=O)(=O)Cc1ccccc1)c1cccc(-c2cnc(-c3cncc(F)c3)s2)n1. The number of halogens is 1. The average Bonchev–Trinajstić information content (AvgIpc) is 3.24. The molecule has 0 fully saturated rings. The van der Waals surface area contributed by atoms with Gasteiger partial charge in [0.05, 0.1) is 22.5 Å². The van der Waals surface area contributed by atoms with Crippen LogP contribution in [0.2, 0.25) is 0 Å². The van der Waals surface area contributed by atoms with Crippen LogP contribution in [0, 0.1) is 5.82 Å². The van der Waals surface area contributed by atoms with Gasteiger partial charge in [0.1, 0.15) is 22.3 Å². The second-order valence-electron chi connectivity index (χ2n) is 6.77. The molecule has 0 aliphatic rings. The Bertz CT molecular complexity index is 1340. The van der Waals surface area contributed by atoms with Crippen molar-refractivity contribution in [3.8, 4) is 21.1 Å². The predicted octanol–water partition coefficient (Wildman–Crippen LogP) is 4.20. The van der Waals surface area contributed by atoms with Gasteiger partial charge in [-0.25, -0.2) is 22.8 Å². The number of hydrogen-bond acceptors (Lipinski definition) is 7. The van der Waals surface area contributed by atoms with E-state index in [0.717, 1.165) is 6.20 Å². The van der Waals surface area contributed by atoms with Gasteiger partial charge in [0.15, 0.2) is 15.6 Å². The Kier molecular flexibility index (Phi) is 5.97. The second-order valence-corrected chi connectivity index (χ2v) is 9.87. The lowest BCUT2D eigenvalue weighted by atomic mass is 10.2. The summed E-state index contributed by atoms with van der Waals surface area (Å²) in [6.45, 7) is 0. The first-order valence-corrected chi connectivity index (χ1v) is 11.9. The number of Topliss-reactive ketones (excluding diaryl/α,β-unsaturated/α-hetero) is 1. The maximum absolute atomic E-state index is 13.4. The molecule has 0 saturated heterocycles. The van der Waals surface area contributed by atoms with Crippen molar-refractivity contribution in [3.05, 3.63) is 90.3 Å². The number of aromatic nitrogens is 3. The smallest absolute Gasteiger partial charge is 0.196 e. The van der Waals surface area contributed by atoms with E-state index in [2.05, 4.69) is 15.0 Å². The number of nitrogens with zero attached hydrogens (tertiary/aromatic N) is 3. The summed E-state index contributed by atoms with van der Waals surface area (Å²) in [5.41, 5.74) is 1.72. The first-order chi connectivity index (χ1) is 14.9. The highest BCUT2D eigenvalue weighted by Gasteiger charge is 2.20. The second kappa shape index (κ2) is 8.83. The number of pyridine rings is 2. The van der Waals surface area contributed by atoms with Gasteiger partial charge in [-0.3, -0.25) is 9.78 Å². The zero-order valence-electron chi connectivity index (χ0n) is 16.1. The fourth-order valence-corrected chi connectivity index (χ4v) is 5.15. The van der Waals surface area contributed by atoms with Gasteiger partial charge in [-0.05, 0) is 23.8 Å². The molecule has 31 heavy (non-hydrogen) atoms. The van der Waals surface area contributed by atoms with E-state index in [0.29, 0.717) is 26.7 Å². The van der Waals surface area contributed by atoms with Crippen molar-refractivity contribution in [2.24, 2.45) is 0 Å². The Labute approximate surface area is 182 Å². The van der Waals surface area contributed by atoms with Crippen LogP contribution < -0.4 is 0 Å². The number of carbonyl (C=O) groups is 1. The molecular weight excluding hydrogens is 437 g/mol. The van der Waals surface area contributed by atoms with Crippen LogP contribution >= 0.6 is 11.3 Å². The first-order valence-electron chi connectivity index (χ1n) is 9.21. The van der Waals surface area contributed by atoms with E-state index >= 15 is 0 Å². The van der Waals surface area contributed by atoms with E-state index in [1.165, 1.54) is 29.7 Å². The zero-order chi connectivity index (χ0) is 21.8. The maximum Gasteiger partial charge on any atom is 0.196 e. The number of rotatable bonds is 7. The third-order valence-electron chi connectivity index (χ3n) is 4.33. The summed E-state index contributed by atoms with van der Waals surface area (Å²) >= 11 is 1.27. The van der Waals surface area contributed by atoms with E-state index in [9.17, 15) is 17.6 Å². The third kappa shape index (κ3) is 5.25. The van der Waals surface area contributed by atoms with Crippen LogP contribution in [-0.4, -0.2) is 34.9 Å². The molecule has 0 saturated carbocycles. The molecule has 9 heteroatoms. The van der Waals surface area contributed by atoms with Gasteiger partial charge in [0, 0.05) is 18.0 Å². The number of carbonyl (C=O) groups excluding carboxylic acids is 1. The van der Waals surface area contributed by atoms with Gasteiger partial charge >= 0.3 is 0 Å². The third-order valence-corrected chi connectivity index (χ3v) is 6.87. The summed E-state index contributed by atoms with van der Waals surface area (Å²) in [6, 6.07) is 14.9. The molecule has 3 aromatic heterocycles. The normalized spacial score (nSPS) is 11.4. The van der Waals surface area contributed by atoms with Gasteiger partial charge < -0.3 is 0 Å². The molecule has 0 unspecified atom stereocenters. The van der Waals surface area contributed by atoms with Crippen molar-refractivity contribution < 1.29 is 17.6 Å². The van der Waals surface area contributed by atoms with Crippen LogP contribution in [-0.2, 0) is 15.6 Å². The highest BCUT2D eigenvalue weighted by molar-refractivity contribution is 7.91. The van der Waals surface area contributed by atoms with Crippen LogP contribution in [0.1, 0.15) is 16.1 Å². The van der Waals surface area contributed by atoms with Crippen LogP contribution in [0.25, 0.3) is 21.1 Å². The van der Waals surface area contributed by atoms with E-state index in [-0.39, 0.29) is 11.4 Å². The Morgan fingerprint density at radius 3 is 2.58 bits per heavy atom. The molecule has 1 aromatic carbocycles. The molecule has 6 nitrogen and oxygen atoms in total. The summed E-state index contributed by atoms with van der Waals surface area (Å²) < 4.78 is 38.3. The Morgan fingerprint density at radius 1 is 1.00 bits per heavy atom. The maximum atomic E-state index is 13.4. The van der Waals surface area contributed by atoms with Gasteiger partial charge in [-0.15, -0.1) is 11.3 Å². The van der Waals surface area contributed by atoms with Crippen LogP contribution in [0.5, 0.6) is 0 Å². The van der Waals surface area contributed by atoms with E-state index in [4.69, 9.17) is 0 Å². The van der Waals surface area contributed by atoms with Crippen molar-refractivity contribution in [1.82, 2.24) is 15.0 Å². The fraction of sp³-hybridized carbons (Fsp3) is 0.0909. The lowest BCUT2D eigenvalue weighted by Gasteiger charge is -2.05. The minimum Gasteiger partial charge on any atom is -0.291 e. The molecule has 0 atom stereocenters. The molecule has 4 rings (SSSR count). The van der Waals surface area contributed by atoms with E-state index in [1.807, 2.05) is 0 Å². The number of thiazole rings is 1. The molecule has 0 aliphatic heterocycles. The van der Waals surface area contributed by atoms with Crippen molar-refractivity contribution in [2.75, 3.05) is 5.75 Å². The number of benzene rings is 1. The number of ketones is 1. The van der Waals surface area contributed by atoms with Gasteiger partial charge in [-0.1, -0.05) is 36.4 Å². The fourth-order valence-electron chi connectivity index (χ4n) is 2.93. The van der Waals surface area contributed by atoms with Gasteiger partial charge in [-0.2, -0.15) is 0 Å². The predicted molar refractivity (Wildman–Crippen MR) is 117 cm³/mol. The molecule has 0 bridgehead atoms. The van der Waals surface area contributed by atoms with Crippen molar-refractivity contribution in [3.63, 3.8) is 0 Å². The minimum absolute atomic E-state index is 0.0662. The molecule has 0 spiro atoms. The van der Waals surface area contributed by atoms with E-state index < -0.39 is 27.2 Å². The molecule has 156 valence electrons. The minimum atomic E-state index is -3.64. The average molecular weight is 454 g/mol. The lowest BCUT2D eigenvalue weighted by molar-refractivity contribution is 0.101. The molecule has 0 N–H and O–H groups in total. The Morgan fingerprint density at radius 2 is 1.81 bits per heavy atom. The Hall–Kier alpha value is -3.30. The summed E-state index contributed by atoms with van der Waals surface area (Å²) in [6.07, 6.45) is 4.20. The van der Waals surface area contributed by atoms with Crippen LogP contribution in [0.15, 0.2) is 73.2 Å². The zero-order valence-corrected chi connectivity index (χ0v) is 17.7. The summed E-state index contributed by atoms with van der Waals surface area (Å²) in [5, 5.41) is 0.561. The first kappa shape index (κ1) is 21.0. The summed E-state index contributed by atoms with van der Waals surface area (Å²) in [4.78, 5) is 25.7. The molecule has 4 aromatic rings. The van der Waals surface area contributed by atoms with Crippen molar-refractivity contribution in [1.29, 1.82) is 0 Å². The molecular formula is C22H16FN3O3S2. The largest absolute Gasteiger partial charge is 0.291 e. The highest BCUT2D eigenvalue weighted by atomic mass is 32.2. The molecule has 3 heterocycles. The lowest BCUT2D eigenvalue weighted by Crippen LogP contribution is -2.19. The Balaban J connectivity index is 1.52. The van der Waals surface area contributed by atoms with Gasteiger partial charge in [0.25, 0.3) is 0 Å². The van der Waals surface area contributed by atoms with E-state index in [1.54, 1.807) is 48.7 Å². The topological polar surface area (TPSA) is 89.9 Å². The number of sulfone groups is 1. The summed E-state index contributed by atoms with van der Waals surface area (Å²) in [5.74, 6) is -1.87. The van der Waals surface area contributed by atoms with Gasteiger partial charge in [0.2, 0.25) is 0 Å². The molecule has 0 amide bonds. The quantitative estimate of drug-likeness (QED) is 0.390. The monoisotopic (exact) mass is 453 g/mol. The van der Waals surface area contributed by atoms with Crippen molar-refractivity contribution >= 4 is 27.0 Å². The standard InChI is InChI=1S/C22H16FN3O3S2/c23-17-9-16(10-24-11-17)22-25-12-21(30-22)19-8-4-7-18(26-19)20(27)14-31(28,29)13-15-5-2-1-3-6-15/h1-12H,13-14H2. The molecule has 0 aliphatic carbocycles. The van der Waals surface area contributed by atoms with Crippen LogP contribution in [0.4, 0.5) is 4.39 Å². The van der Waals surface area contributed by atoms with Crippen molar-refractivity contribution in [2.45, 2.75) is 5.75 Å². The van der Waals surface area contributed by atoms with Crippen LogP contribution in [0.3, 0.4) is 0 Å². The molecule has 0 radical (unpaired) electrons. The number of hydrogen-bond donors (Lipinski definition) is 0. The summed E-state index contributed by atoms with van der Waals surface area (Å²) in [7, 11) is -3.64. The highest BCUT2D eigenvalue weighted by Crippen LogP contribution is 2.31.